The van der Waals surface area contributed by atoms with Crippen molar-refractivity contribution in [1.29, 1.82) is 0 Å². The molecule has 0 aliphatic heterocycles. The Bertz CT molecular complexity index is 1690. The number of aromatic amines is 1. The van der Waals surface area contributed by atoms with Gasteiger partial charge in [-0.15, -0.1) is 0 Å². The largest absolute Gasteiger partial charge is 0.468 e. The summed E-state index contributed by atoms with van der Waals surface area (Å²) in [7, 11) is -2.56. The molecule has 1 heterocycles. The molecule has 1 atom stereocenters. The van der Waals surface area contributed by atoms with Crippen molar-refractivity contribution < 1.29 is 22.9 Å². The number of H-pyrrole nitrogens is 1. The third-order valence-corrected chi connectivity index (χ3v) is 8.64. The number of methoxy groups -OCH3 is 1. The Labute approximate surface area is 233 Å². The molecular formula is C30H33N3O6S. The Morgan fingerprint density at radius 2 is 1.68 bits per heavy atom. The highest BCUT2D eigenvalue weighted by molar-refractivity contribution is 7.89. The predicted octanol–water partition coefficient (Wildman–Crippen LogP) is 5.89. The number of nitro benzene ring substituents is 1. The number of rotatable bonds is 9. The maximum Gasteiger partial charge on any atom is 0.315 e. The number of carbonyl (C=O) groups is 1. The Morgan fingerprint density at radius 3 is 2.25 bits per heavy atom. The van der Waals surface area contributed by atoms with E-state index in [1.54, 1.807) is 13.8 Å². The number of nitrogens with one attached hydrogen (secondary N) is 2. The normalized spacial score (nSPS) is 12.8. The van der Waals surface area contributed by atoms with Crippen LogP contribution in [0, 0.1) is 24.0 Å². The van der Waals surface area contributed by atoms with E-state index in [2.05, 4.69) is 27.9 Å². The van der Waals surface area contributed by atoms with Crippen molar-refractivity contribution in [2.24, 2.45) is 0 Å². The number of hydrogen-bond acceptors (Lipinski definition) is 6. The van der Waals surface area contributed by atoms with Gasteiger partial charge in [-0.25, -0.2) is 13.1 Å². The highest BCUT2D eigenvalue weighted by Crippen LogP contribution is 2.38. The quantitative estimate of drug-likeness (QED) is 0.148. The number of benzene rings is 3. The molecule has 0 bridgehead atoms. The third-order valence-electron chi connectivity index (χ3n) is 7.20. The fraction of sp³-hybridized carbons (Fsp3) is 0.300. The first-order valence-electron chi connectivity index (χ1n) is 12.8. The van der Waals surface area contributed by atoms with Gasteiger partial charge in [-0.3, -0.25) is 14.9 Å². The van der Waals surface area contributed by atoms with Gasteiger partial charge in [0.2, 0.25) is 10.0 Å². The molecule has 2 N–H and O–H groups in total. The van der Waals surface area contributed by atoms with Gasteiger partial charge in [0.05, 0.1) is 28.0 Å². The monoisotopic (exact) mass is 563 g/mol. The predicted molar refractivity (Wildman–Crippen MR) is 155 cm³/mol. The van der Waals surface area contributed by atoms with Crippen LogP contribution in [0.15, 0.2) is 65.6 Å². The maximum absolute atomic E-state index is 13.0. The highest BCUT2D eigenvalue weighted by Gasteiger charge is 2.32. The number of nitro groups is 1. The minimum atomic E-state index is -3.92. The lowest BCUT2D eigenvalue weighted by Crippen LogP contribution is -2.30. The number of fused-ring (bicyclic) bond motifs is 1. The zero-order valence-electron chi connectivity index (χ0n) is 23.4. The summed E-state index contributed by atoms with van der Waals surface area (Å²) in [5.74, 6) is -0.642. The highest BCUT2D eigenvalue weighted by atomic mass is 32.2. The van der Waals surface area contributed by atoms with Crippen LogP contribution in [-0.2, 0) is 25.0 Å². The van der Waals surface area contributed by atoms with Crippen LogP contribution in [0.4, 0.5) is 5.69 Å². The molecule has 10 heteroatoms. The number of aromatic nitrogens is 1. The summed E-state index contributed by atoms with van der Waals surface area (Å²) in [5.41, 5.74) is 5.51. The lowest BCUT2D eigenvalue weighted by atomic mass is 9.83. The van der Waals surface area contributed by atoms with Gasteiger partial charge in [-0.1, -0.05) is 30.2 Å². The minimum Gasteiger partial charge on any atom is -0.468 e. The standard InChI is InChI=1S/C30H33N3O6S/c1-18-13-19(2)15-21(14-18)28-27(25-16-22(7-12-26(25)32-28)30(4,5)29(34)39-6)20(3)17-31-40(37,38)24-10-8-23(9-11-24)33(35)36/h7-16,20,31-32H,17H2,1-6H3/t20-/m1/s1. The van der Waals surface area contributed by atoms with Crippen LogP contribution in [0.3, 0.4) is 0 Å². The number of non-ortho nitro benzene ring substituents is 1. The SMILES string of the molecule is COC(=O)C(C)(C)c1ccc2[nH]c(-c3cc(C)cc(C)c3)c([C@H](C)CNS(=O)(=O)c3ccc([N+](=O)[O-])cc3)c2c1. The molecule has 0 saturated heterocycles. The van der Waals surface area contributed by atoms with Crippen molar-refractivity contribution in [1.82, 2.24) is 9.71 Å². The van der Waals surface area contributed by atoms with E-state index >= 15 is 0 Å². The molecule has 0 saturated carbocycles. The molecule has 0 radical (unpaired) electrons. The Morgan fingerprint density at radius 1 is 1.05 bits per heavy atom. The molecule has 0 aliphatic rings. The van der Waals surface area contributed by atoms with Crippen molar-refractivity contribution in [2.75, 3.05) is 13.7 Å². The molecule has 0 aliphatic carbocycles. The summed E-state index contributed by atoms with van der Waals surface area (Å²) in [6.45, 7) is 9.67. The molecule has 0 unspecified atom stereocenters. The van der Waals surface area contributed by atoms with Crippen LogP contribution in [0.2, 0.25) is 0 Å². The van der Waals surface area contributed by atoms with Gasteiger partial charge in [0.15, 0.2) is 0 Å². The van der Waals surface area contributed by atoms with Gasteiger partial charge in [0, 0.05) is 29.6 Å². The lowest BCUT2D eigenvalue weighted by Gasteiger charge is -2.22. The smallest absolute Gasteiger partial charge is 0.315 e. The van der Waals surface area contributed by atoms with E-state index in [0.717, 1.165) is 44.4 Å². The van der Waals surface area contributed by atoms with Crippen LogP contribution in [0.25, 0.3) is 22.2 Å². The van der Waals surface area contributed by atoms with E-state index in [4.69, 9.17) is 4.74 Å². The molecule has 0 spiro atoms. The number of sulfonamides is 1. The maximum atomic E-state index is 13.0. The van der Waals surface area contributed by atoms with Crippen molar-refractivity contribution >= 4 is 32.6 Å². The molecule has 40 heavy (non-hydrogen) atoms. The van der Waals surface area contributed by atoms with Gasteiger partial charge in [-0.05, 0) is 86.7 Å². The first-order valence-corrected chi connectivity index (χ1v) is 14.3. The Hall–Kier alpha value is -4.02. The molecule has 9 nitrogen and oxygen atoms in total. The Kier molecular flexibility index (Phi) is 7.87. The molecule has 0 amide bonds. The topological polar surface area (TPSA) is 131 Å². The second-order valence-electron chi connectivity index (χ2n) is 10.7. The average molecular weight is 564 g/mol. The van der Waals surface area contributed by atoms with Crippen LogP contribution in [-0.4, -0.2) is 37.9 Å². The van der Waals surface area contributed by atoms with E-state index in [-0.39, 0.29) is 29.0 Å². The first-order chi connectivity index (χ1) is 18.7. The van der Waals surface area contributed by atoms with E-state index in [0.29, 0.717) is 0 Å². The van der Waals surface area contributed by atoms with Gasteiger partial charge in [0.25, 0.3) is 5.69 Å². The van der Waals surface area contributed by atoms with Crippen LogP contribution in [0.1, 0.15) is 48.9 Å². The van der Waals surface area contributed by atoms with Crippen LogP contribution in [0.5, 0.6) is 0 Å². The molecular weight excluding hydrogens is 530 g/mol. The third kappa shape index (κ3) is 5.64. The molecule has 4 rings (SSSR count). The average Bonchev–Trinajstić information content (AvgIpc) is 3.30. The van der Waals surface area contributed by atoms with E-state index < -0.39 is 20.4 Å². The summed E-state index contributed by atoms with van der Waals surface area (Å²) in [4.78, 5) is 26.4. The van der Waals surface area contributed by atoms with Crippen LogP contribution >= 0.6 is 0 Å². The van der Waals surface area contributed by atoms with Gasteiger partial charge >= 0.3 is 5.97 Å². The van der Waals surface area contributed by atoms with Crippen molar-refractivity contribution in [3.8, 4) is 11.3 Å². The zero-order chi connectivity index (χ0) is 29.4. The molecule has 1 aromatic heterocycles. The summed E-state index contributed by atoms with van der Waals surface area (Å²) in [6, 6.07) is 16.8. The van der Waals surface area contributed by atoms with Gasteiger partial charge in [-0.2, -0.15) is 0 Å². The first kappa shape index (κ1) is 29.0. The van der Waals surface area contributed by atoms with Gasteiger partial charge in [0.1, 0.15) is 0 Å². The summed E-state index contributed by atoms with van der Waals surface area (Å²) >= 11 is 0. The number of aryl methyl sites for hydroxylation is 2. The van der Waals surface area contributed by atoms with Gasteiger partial charge < -0.3 is 9.72 Å². The van der Waals surface area contributed by atoms with Crippen molar-refractivity contribution in [3.05, 3.63) is 93.0 Å². The van der Waals surface area contributed by atoms with E-state index in [1.165, 1.54) is 31.4 Å². The second-order valence-corrected chi connectivity index (χ2v) is 12.4. The van der Waals surface area contributed by atoms with E-state index in [9.17, 15) is 23.3 Å². The van der Waals surface area contributed by atoms with Crippen molar-refractivity contribution in [3.63, 3.8) is 0 Å². The number of carbonyl (C=O) groups excluding carboxylic acids is 1. The molecule has 0 fully saturated rings. The fourth-order valence-electron chi connectivity index (χ4n) is 5.00. The summed E-state index contributed by atoms with van der Waals surface area (Å²) in [5, 5.41) is 11.8. The minimum absolute atomic E-state index is 0.0547. The van der Waals surface area contributed by atoms with Crippen molar-refractivity contribution in [2.45, 2.75) is 50.8 Å². The number of nitrogens with zero attached hydrogens (tertiary/aromatic N) is 1. The lowest BCUT2D eigenvalue weighted by molar-refractivity contribution is -0.384. The Balaban J connectivity index is 1.78. The number of hydrogen-bond donors (Lipinski definition) is 2. The molecule has 210 valence electrons. The summed E-state index contributed by atoms with van der Waals surface area (Å²) in [6.07, 6.45) is 0. The molecule has 3 aromatic carbocycles. The second kappa shape index (κ2) is 10.9. The number of esters is 1. The number of ether oxygens (including phenoxy) is 1. The fourth-order valence-corrected chi connectivity index (χ4v) is 6.13. The zero-order valence-corrected chi connectivity index (χ0v) is 24.2. The summed E-state index contributed by atoms with van der Waals surface area (Å²) < 4.78 is 33.8. The van der Waals surface area contributed by atoms with Crippen LogP contribution < -0.4 is 4.72 Å². The molecule has 4 aromatic rings. The van der Waals surface area contributed by atoms with E-state index in [1.807, 2.05) is 39.0 Å².